The number of alkyl halides is 1. The fourth-order valence-electron chi connectivity index (χ4n) is 1.11. The number of rotatable bonds is 0. The van der Waals surface area contributed by atoms with Gasteiger partial charge in [-0.1, -0.05) is 34.1 Å². The first kappa shape index (κ1) is 12.5. The van der Waals surface area contributed by atoms with Crippen LogP contribution in [-0.2, 0) is 4.74 Å². The second-order valence-electron chi connectivity index (χ2n) is 3.43. The molecule has 0 amide bonds. The van der Waals surface area contributed by atoms with E-state index >= 15 is 0 Å². The Labute approximate surface area is 99.1 Å². The number of halogens is 1. The molecule has 1 fully saturated rings. The van der Waals surface area contributed by atoms with E-state index in [1.165, 1.54) is 0 Å². The van der Waals surface area contributed by atoms with Crippen LogP contribution in [0.2, 0.25) is 0 Å². The molecule has 2 atom stereocenters. The molecule has 1 aromatic carbocycles. The summed E-state index contributed by atoms with van der Waals surface area (Å²) in [4.78, 5) is 0.360. The highest BCUT2D eigenvalue weighted by molar-refractivity contribution is 9.09. The molecular formula is C11H17BrN2O. The van der Waals surface area contributed by atoms with Crippen LogP contribution < -0.4 is 11.1 Å². The van der Waals surface area contributed by atoms with Gasteiger partial charge >= 0.3 is 0 Å². The number of anilines is 1. The monoisotopic (exact) mass is 272 g/mol. The summed E-state index contributed by atoms with van der Waals surface area (Å²) in [5.41, 5.74) is 6.18. The lowest BCUT2D eigenvalue weighted by atomic mass is 10.3. The van der Waals surface area contributed by atoms with Gasteiger partial charge in [-0.25, -0.2) is 0 Å². The molecule has 1 aliphatic rings. The predicted octanol–water partition coefficient (Wildman–Crippen LogP) is 1.98. The quantitative estimate of drug-likeness (QED) is 0.431. The second kappa shape index (κ2) is 6.82. The molecule has 0 aromatic heterocycles. The summed E-state index contributed by atoms with van der Waals surface area (Å²) in [7, 11) is 0. The summed E-state index contributed by atoms with van der Waals surface area (Å²) < 4.78 is 5.28. The molecule has 4 heteroatoms. The third kappa shape index (κ3) is 5.77. The molecule has 15 heavy (non-hydrogen) atoms. The molecule has 0 bridgehead atoms. The summed E-state index contributed by atoms with van der Waals surface area (Å²) >= 11 is 3.38. The van der Waals surface area contributed by atoms with E-state index < -0.39 is 0 Å². The molecule has 1 saturated heterocycles. The van der Waals surface area contributed by atoms with Crippen molar-refractivity contribution >= 4 is 21.6 Å². The van der Waals surface area contributed by atoms with Gasteiger partial charge in [0.1, 0.15) is 0 Å². The molecule has 0 saturated carbocycles. The first-order valence-electron chi connectivity index (χ1n) is 4.98. The molecule has 1 aliphatic heterocycles. The van der Waals surface area contributed by atoms with Gasteiger partial charge in [0, 0.05) is 12.2 Å². The largest absolute Gasteiger partial charge is 0.399 e. The summed E-state index contributed by atoms with van der Waals surface area (Å²) in [5.74, 6) is 0. The van der Waals surface area contributed by atoms with Crippen LogP contribution in [-0.4, -0.2) is 24.2 Å². The van der Waals surface area contributed by atoms with Crippen LogP contribution in [0.15, 0.2) is 30.3 Å². The molecule has 2 unspecified atom stereocenters. The first-order chi connectivity index (χ1) is 7.18. The summed E-state index contributed by atoms with van der Waals surface area (Å²) in [6, 6.07) is 9.49. The third-order valence-corrected chi connectivity index (χ3v) is 2.54. The Morgan fingerprint density at radius 2 is 2.07 bits per heavy atom. The van der Waals surface area contributed by atoms with Gasteiger partial charge in [-0.3, -0.25) is 0 Å². The Balaban J connectivity index is 0.000000151. The highest BCUT2D eigenvalue weighted by atomic mass is 79.9. The van der Waals surface area contributed by atoms with Crippen molar-refractivity contribution in [3.05, 3.63) is 30.3 Å². The van der Waals surface area contributed by atoms with Crippen LogP contribution >= 0.6 is 15.9 Å². The molecule has 84 valence electrons. The van der Waals surface area contributed by atoms with E-state index in [9.17, 15) is 0 Å². The van der Waals surface area contributed by atoms with Gasteiger partial charge in [0.15, 0.2) is 0 Å². The zero-order valence-electron chi connectivity index (χ0n) is 8.82. The van der Waals surface area contributed by atoms with E-state index in [2.05, 4.69) is 28.2 Å². The fourth-order valence-corrected chi connectivity index (χ4v) is 1.45. The van der Waals surface area contributed by atoms with Crippen molar-refractivity contribution in [3.63, 3.8) is 0 Å². The Hall–Kier alpha value is -0.580. The Morgan fingerprint density at radius 1 is 1.40 bits per heavy atom. The molecule has 3 nitrogen and oxygen atoms in total. The molecule has 3 N–H and O–H groups in total. The van der Waals surface area contributed by atoms with Gasteiger partial charge in [0.25, 0.3) is 0 Å². The number of nitrogen functional groups attached to an aromatic ring is 1. The van der Waals surface area contributed by atoms with Crippen molar-refractivity contribution in [1.29, 1.82) is 0 Å². The van der Waals surface area contributed by atoms with Crippen LogP contribution in [0.25, 0.3) is 0 Å². The summed E-state index contributed by atoms with van der Waals surface area (Å²) in [6.45, 7) is 3.79. The average Bonchev–Trinajstić information content (AvgIpc) is 2.25. The number of hydrogen-bond donors (Lipinski definition) is 2. The first-order valence-corrected chi connectivity index (χ1v) is 5.89. The van der Waals surface area contributed by atoms with E-state index in [0.717, 1.165) is 18.8 Å². The lowest BCUT2D eigenvalue weighted by molar-refractivity contribution is 0.0352. The minimum atomic E-state index is 0.360. The Kier molecular flexibility index (Phi) is 5.68. The molecular weight excluding hydrogens is 256 g/mol. The van der Waals surface area contributed by atoms with Crippen molar-refractivity contribution < 1.29 is 4.74 Å². The molecule has 0 radical (unpaired) electrons. The SMILES string of the molecule is CC1CNC(Br)CO1.Nc1ccccc1. The number of para-hydroxylation sites is 1. The topological polar surface area (TPSA) is 47.3 Å². The van der Waals surface area contributed by atoms with Crippen LogP contribution in [0.1, 0.15) is 6.92 Å². The molecule has 0 aliphatic carbocycles. The number of morpholine rings is 1. The number of nitrogens with one attached hydrogen (secondary N) is 1. The molecule has 1 heterocycles. The lowest BCUT2D eigenvalue weighted by Crippen LogP contribution is -2.41. The standard InChI is InChI=1S/C6H7N.C5H10BrNO/c7-6-4-2-1-3-5-6;1-4-2-7-5(6)3-8-4/h1-5H,7H2;4-5,7H,2-3H2,1H3. The summed E-state index contributed by atoms with van der Waals surface area (Å²) in [5, 5.41) is 3.22. The van der Waals surface area contributed by atoms with Gasteiger partial charge in [0.05, 0.1) is 17.7 Å². The maximum atomic E-state index is 5.36. The number of ether oxygens (including phenoxy) is 1. The van der Waals surface area contributed by atoms with Crippen LogP contribution in [0.5, 0.6) is 0 Å². The Morgan fingerprint density at radius 3 is 2.40 bits per heavy atom. The third-order valence-electron chi connectivity index (χ3n) is 1.95. The zero-order chi connectivity index (χ0) is 11.1. The van der Waals surface area contributed by atoms with Crippen LogP contribution in [0.3, 0.4) is 0 Å². The van der Waals surface area contributed by atoms with Crippen molar-refractivity contribution in [1.82, 2.24) is 5.32 Å². The average molecular weight is 273 g/mol. The zero-order valence-corrected chi connectivity index (χ0v) is 10.4. The normalized spacial score (nSPS) is 25.2. The van der Waals surface area contributed by atoms with Gasteiger partial charge in [-0.05, 0) is 19.1 Å². The number of hydrogen-bond acceptors (Lipinski definition) is 3. The van der Waals surface area contributed by atoms with E-state index in [4.69, 9.17) is 10.5 Å². The lowest BCUT2D eigenvalue weighted by Gasteiger charge is -2.23. The fraction of sp³-hybridized carbons (Fsp3) is 0.455. The van der Waals surface area contributed by atoms with E-state index in [0.29, 0.717) is 11.1 Å². The van der Waals surface area contributed by atoms with Crippen molar-refractivity contribution in [2.75, 3.05) is 18.9 Å². The van der Waals surface area contributed by atoms with Crippen molar-refractivity contribution in [3.8, 4) is 0 Å². The second-order valence-corrected chi connectivity index (χ2v) is 4.54. The van der Waals surface area contributed by atoms with Crippen molar-refractivity contribution in [2.45, 2.75) is 18.0 Å². The van der Waals surface area contributed by atoms with Gasteiger partial charge in [-0.15, -0.1) is 0 Å². The van der Waals surface area contributed by atoms with Crippen molar-refractivity contribution in [2.24, 2.45) is 0 Å². The summed E-state index contributed by atoms with van der Waals surface area (Å²) in [6.07, 6.45) is 0.379. The van der Waals surface area contributed by atoms with E-state index in [1.54, 1.807) is 0 Å². The molecule has 2 rings (SSSR count). The minimum Gasteiger partial charge on any atom is -0.399 e. The van der Waals surface area contributed by atoms with Crippen LogP contribution in [0.4, 0.5) is 5.69 Å². The highest BCUT2D eigenvalue weighted by Crippen LogP contribution is 2.04. The smallest absolute Gasteiger partial charge is 0.0868 e. The molecule has 1 aromatic rings. The maximum Gasteiger partial charge on any atom is 0.0868 e. The molecule has 0 spiro atoms. The Bertz CT molecular complexity index is 251. The van der Waals surface area contributed by atoms with Gasteiger partial charge < -0.3 is 15.8 Å². The van der Waals surface area contributed by atoms with Crippen LogP contribution in [0, 0.1) is 0 Å². The predicted molar refractivity (Wildman–Crippen MR) is 67.0 cm³/mol. The van der Waals surface area contributed by atoms with E-state index in [-0.39, 0.29) is 0 Å². The highest BCUT2D eigenvalue weighted by Gasteiger charge is 2.13. The number of benzene rings is 1. The maximum absolute atomic E-state index is 5.36. The van der Waals surface area contributed by atoms with Gasteiger partial charge in [-0.2, -0.15) is 0 Å². The van der Waals surface area contributed by atoms with E-state index in [1.807, 2.05) is 30.3 Å². The number of nitrogens with two attached hydrogens (primary N) is 1. The minimum absolute atomic E-state index is 0.360. The van der Waals surface area contributed by atoms with Gasteiger partial charge in [0.2, 0.25) is 0 Å².